The summed E-state index contributed by atoms with van der Waals surface area (Å²) in [6.45, 7) is 8.27. The van der Waals surface area contributed by atoms with Gasteiger partial charge in [-0.25, -0.2) is 0 Å². The van der Waals surface area contributed by atoms with Crippen LogP contribution in [0.5, 0.6) is 11.5 Å². The molecular weight excluding hydrogens is 384 g/mol. The zero-order valence-electron chi connectivity index (χ0n) is 18.8. The fraction of sp³-hybridized carbons (Fsp3) is 0.636. The molecule has 0 bridgehead atoms. The molecule has 2 rings (SSSR count). The first-order valence-electron chi connectivity index (χ1n) is 10.6. The number of nitrogens with zero attached hydrogens (tertiary/aromatic N) is 2. The third-order valence-corrected chi connectivity index (χ3v) is 5.20. The molecule has 1 amide bonds. The molecule has 1 aromatic rings. The molecule has 1 saturated heterocycles. The topological polar surface area (TPSA) is 95.4 Å². The molecular formula is C22H36N4O4. The van der Waals surface area contributed by atoms with E-state index in [1.54, 1.807) is 32.4 Å². The van der Waals surface area contributed by atoms with Crippen LogP contribution in [0.4, 0.5) is 0 Å². The summed E-state index contributed by atoms with van der Waals surface area (Å²) in [5.41, 5.74) is 0.636. The second kappa shape index (κ2) is 11.6. The number of hydrogen-bond acceptors (Lipinski definition) is 5. The van der Waals surface area contributed by atoms with Crippen molar-refractivity contribution in [1.29, 1.82) is 0 Å². The molecule has 8 nitrogen and oxygen atoms in total. The van der Waals surface area contributed by atoms with Crippen LogP contribution in [0.15, 0.2) is 23.2 Å². The lowest BCUT2D eigenvalue weighted by Gasteiger charge is -2.34. The summed E-state index contributed by atoms with van der Waals surface area (Å²) in [7, 11) is 3.16. The minimum Gasteiger partial charge on any atom is -0.497 e. The standard InChI is InChI=1S/C22H36N4O4/c1-6-23-22(25-16-9-11-26(12-10-16)21(28)15(2)3)24-14-19(27)18-13-17(29-4)7-8-20(18)30-5/h7-8,13,15-16,19,27H,6,9-12,14H2,1-5H3,(H2,23,24,25). The highest BCUT2D eigenvalue weighted by Gasteiger charge is 2.24. The number of benzene rings is 1. The van der Waals surface area contributed by atoms with Gasteiger partial charge in [0, 0.05) is 37.2 Å². The fourth-order valence-corrected chi connectivity index (χ4v) is 3.50. The third kappa shape index (κ3) is 6.52. The lowest BCUT2D eigenvalue weighted by Crippen LogP contribution is -2.50. The Balaban J connectivity index is 1.99. The quantitative estimate of drug-likeness (QED) is 0.439. The highest BCUT2D eigenvalue weighted by Crippen LogP contribution is 2.29. The molecule has 168 valence electrons. The van der Waals surface area contributed by atoms with Crippen LogP contribution in [0.3, 0.4) is 0 Å². The van der Waals surface area contributed by atoms with Crippen LogP contribution in [0.2, 0.25) is 0 Å². The number of likely N-dealkylation sites (tertiary alicyclic amines) is 1. The molecule has 0 spiro atoms. The Bertz CT molecular complexity index is 715. The van der Waals surface area contributed by atoms with Crippen LogP contribution in [0.25, 0.3) is 0 Å². The van der Waals surface area contributed by atoms with E-state index in [4.69, 9.17) is 9.47 Å². The van der Waals surface area contributed by atoms with E-state index in [2.05, 4.69) is 15.6 Å². The number of aliphatic hydroxyl groups excluding tert-OH is 1. The molecule has 30 heavy (non-hydrogen) atoms. The number of guanidine groups is 1. The summed E-state index contributed by atoms with van der Waals surface area (Å²) >= 11 is 0. The maximum atomic E-state index is 12.2. The van der Waals surface area contributed by atoms with Gasteiger partial charge in [-0.3, -0.25) is 9.79 Å². The zero-order chi connectivity index (χ0) is 22.1. The molecule has 1 atom stereocenters. The zero-order valence-corrected chi connectivity index (χ0v) is 18.8. The molecule has 0 radical (unpaired) electrons. The fourth-order valence-electron chi connectivity index (χ4n) is 3.50. The molecule has 1 aromatic carbocycles. The smallest absolute Gasteiger partial charge is 0.225 e. The van der Waals surface area contributed by atoms with Gasteiger partial charge >= 0.3 is 0 Å². The summed E-state index contributed by atoms with van der Waals surface area (Å²) in [5.74, 6) is 2.15. The van der Waals surface area contributed by atoms with Crippen molar-refractivity contribution in [1.82, 2.24) is 15.5 Å². The highest BCUT2D eigenvalue weighted by molar-refractivity contribution is 5.80. The van der Waals surface area contributed by atoms with Gasteiger partial charge in [-0.2, -0.15) is 0 Å². The Morgan fingerprint density at radius 2 is 1.97 bits per heavy atom. The monoisotopic (exact) mass is 420 g/mol. The van der Waals surface area contributed by atoms with Gasteiger partial charge in [0.15, 0.2) is 5.96 Å². The summed E-state index contributed by atoms with van der Waals surface area (Å²) in [6, 6.07) is 5.57. The first-order chi connectivity index (χ1) is 14.4. The summed E-state index contributed by atoms with van der Waals surface area (Å²) in [5, 5.41) is 17.3. The normalized spacial score (nSPS) is 16.4. The van der Waals surface area contributed by atoms with E-state index in [-0.39, 0.29) is 24.4 Å². The first kappa shape index (κ1) is 23.8. The number of aliphatic hydroxyl groups is 1. The van der Waals surface area contributed by atoms with Gasteiger partial charge in [0.2, 0.25) is 5.91 Å². The number of aliphatic imine (C=N–C) groups is 1. The van der Waals surface area contributed by atoms with Gasteiger partial charge < -0.3 is 30.1 Å². The van der Waals surface area contributed by atoms with E-state index in [1.807, 2.05) is 25.7 Å². The van der Waals surface area contributed by atoms with E-state index in [9.17, 15) is 9.90 Å². The van der Waals surface area contributed by atoms with Crippen molar-refractivity contribution in [2.75, 3.05) is 40.4 Å². The summed E-state index contributed by atoms with van der Waals surface area (Å²) in [6.07, 6.45) is 0.917. The predicted molar refractivity (Wildman–Crippen MR) is 118 cm³/mol. The van der Waals surface area contributed by atoms with Crippen LogP contribution < -0.4 is 20.1 Å². The number of carbonyl (C=O) groups excluding carboxylic acids is 1. The number of amides is 1. The van der Waals surface area contributed by atoms with Crippen molar-refractivity contribution >= 4 is 11.9 Å². The van der Waals surface area contributed by atoms with E-state index >= 15 is 0 Å². The van der Waals surface area contributed by atoms with Crippen LogP contribution in [-0.4, -0.2) is 68.3 Å². The van der Waals surface area contributed by atoms with Crippen LogP contribution in [0.1, 0.15) is 45.3 Å². The minimum atomic E-state index is -0.823. The van der Waals surface area contributed by atoms with Crippen molar-refractivity contribution in [3.63, 3.8) is 0 Å². The minimum absolute atomic E-state index is 0.0310. The Morgan fingerprint density at radius 3 is 2.53 bits per heavy atom. The molecule has 1 aliphatic rings. The van der Waals surface area contributed by atoms with Crippen molar-refractivity contribution in [2.45, 2.75) is 45.8 Å². The second-order valence-electron chi connectivity index (χ2n) is 7.74. The van der Waals surface area contributed by atoms with Gasteiger partial charge in [0.05, 0.1) is 20.8 Å². The van der Waals surface area contributed by atoms with Crippen molar-refractivity contribution in [3.8, 4) is 11.5 Å². The maximum Gasteiger partial charge on any atom is 0.225 e. The molecule has 8 heteroatoms. The van der Waals surface area contributed by atoms with Crippen LogP contribution >= 0.6 is 0 Å². The molecule has 3 N–H and O–H groups in total. The molecule has 1 fully saturated rings. The number of rotatable bonds is 8. The number of methoxy groups -OCH3 is 2. The number of hydrogen-bond donors (Lipinski definition) is 3. The van der Waals surface area contributed by atoms with Crippen LogP contribution in [0, 0.1) is 5.92 Å². The number of ether oxygens (including phenoxy) is 2. The number of piperidine rings is 1. The van der Waals surface area contributed by atoms with E-state index < -0.39 is 6.10 Å². The second-order valence-corrected chi connectivity index (χ2v) is 7.74. The van der Waals surface area contributed by atoms with E-state index in [1.165, 1.54) is 0 Å². The summed E-state index contributed by atoms with van der Waals surface area (Å²) in [4.78, 5) is 18.7. The van der Waals surface area contributed by atoms with Gasteiger partial charge in [-0.15, -0.1) is 0 Å². The van der Waals surface area contributed by atoms with Gasteiger partial charge in [-0.05, 0) is 38.0 Å². The van der Waals surface area contributed by atoms with Gasteiger partial charge in [-0.1, -0.05) is 13.8 Å². The molecule has 0 aromatic heterocycles. The molecule has 1 heterocycles. The van der Waals surface area contributed by atoms with Crippen molar-refractivity contribution in [2.24, 2.45) is 10.9 Å². The number of carbonyl (C=O) groups is 1. The average Bonchev–Trinajstić information content (AvgIpc) is 2.76. The Kier molecular flexibility index (Phi) is 9.23. The lowest BCUT2D eigenvalue weighted by molar-refractivity contribution is -0.135. The van der Waals surface area contributed by atoms with Crippen LogP contribution in [-0.2, 0) is 4.79 Å². The summed E-state index contributed by atoms with van der Waals surface area (Å²) < 4.78 is 10.6. The molecule has 1 aliphatic heterocycles. The van der Waals surface area contributed by atoms with Crippen molar-refractivity contribution in [3.05, 3.63) is 23.8 Å². The van der Waals surface area contributed by atoms with Gasteiger partial charge in [0.1, 0.15) is 17.6 Å². The lowest BCUT2D eigenvalue weighted by atomic mass is 10.0. The number of nitrogens with one attached hydrogen (secondary N) is 2. The first-order valence-corrected chi connectivity index (χ1v) is 10.6. The Morgan fingerprint density at radius 1 is 1.27 bits per heavy atom. The van der Waals surface area contributed by atoms with E-state index in [0.29, 0.717) is 23.0 Å². The average molecular weight is 421 g/mol. The Labute approximate surface area is 179 Å². The maximum absolute atomic E-state index is 12.2. The largest absolute Gasteiger partial charge is 0.497 e. The Hall–Kier alpha value is -2.48. The highest BCUT2D eigenvalue weighted by atomic mass is 16.5. The van der Waals surface area contributed by atoms with E-state index in [0.717, 1.165) is 32.5 Å². The predicted octanol–water partition coefficient (Wildman–Crippen LogP) is 1.94. The van der Waals surface area contributed by atoms with Crippen molar-refractivity contribution < 1.29 is 19.4 Å². The van der Waals surface area contributed by atoms with Gasteiger partial charge in [0.25, 0.3) is 0 Å². The molecule has 1 unspecified atom stereocenters. The molecule has 0 aliphatic carbocycles. The third-order valence-electron chi connectivity index (χ3n) is 5.20. The molecule has 0 saturated carbocycles. The SMILES string of the molecule is CCNC(=NCC(O)c1cc(OC)ccc1OC)NC1CCN(C(=O)C(C)C)CC1.